The Morgan fingerprint density at radius 1 is 1.02 bits per heavy atom. The molecule has 0 saturated heterocycles. The number of hydrogen-bond acceptors (Lipinski definition) is 6. The molecule has 4 aromatic rings. The van der Waals surface area contributed by atoms with Crippen molar-refractivity contribution in [2.24, 2.45) is 0 Å². The molecule has 0 aliphatic heterocycles. The molecule has 2 amide bonds. The molecule has 1 heterocycles. The lowest BCUT2D eigenvalue weighted by molar-refractivity contribution is -0.126. The Balaban J connectivity index is 1.61. The van der Waals surface area contributed by atoms with Crippen LogP contribution < -0.4 is 10.6 Å². The molecule has 3 aromatic carbocycles. The van der Waals surface area contributed by atoms with Gasteiger partial charge in [-0.25, -0.2) is 18.6 Å². The summed E-state index contributed by atoms with van der Waals surface area (Å²) in [5, 5.41) is 5.29. The SMILES string of the molecule is C=CC(F)(F)c1ccc(-c2ccccc2-c2sc(NC(=O)[C@H](CCC)NC(=O)Cc3cc(F)cc(F)c3)nc2C(=O)OC)cc1. The fourth-order valence-corrected chi connectivity index (χ4v) is 5.60. The van der Waals surface area contributed by atoms with Gasteiger partial charge in [-0.1, -0.05) is 79.8 Å². The number of alkyl halides is 2. The summed E-state index contributed by atoms with van der Waals surface area (Å²) >= 11 is 0.992. The van der Waals surface area contributed by atoms with Gasteiger partial charge in [-0.15, -0.1) is 0 Å². The zero-order valence-corrected chi connectivity index (χ0v) is 25.2. The lowest BCUT2D eigenvalue weighted by atomic mass is 9.96. The highest BCUT2D eigenvalue weighted by Crippen LogP contribution is 2.40. The Bertz CT molecular complexity index is 1700. The van der Waals surface area contributed by atoms with Crippen LogP contribution >= 0.6 is 11.3 Å². The molecule has 0 fully saturated rings. The number of hydrogen-bond donors (Lipinski definition) is 2. The lowest BCUT2D eigenvalue weighted by Gasteiger charge is -2.17. The standard InChI is InChI=1S/C33H29F4N3O4S/c1-4-8-26(38-27(41)17-19-15-22(34)18-23(35)16-19)30(42)40-32-39-28(31(43)44-3)29(45-32)25-10-7-6-9-24(25)20-11-13-21(14-12-20)33(36,37)5-2/h5-7,9-16,18,26H,2,4,8,17H2,1,3H3,(H,38,41)(H,39,40,42)/t26-/m0/s1. The predicted octanol–water partition coefficient (Wildman–Crippen LogP) is 7.29. The van der Waals surface area contributed by atoms with Crippen molar-refractivity contribution < 1.29 is 36.7 Å². The molecule has 0 aliphatic carbocycles. The molecule has 0 bridgehead atoms. The third-order valence-electron chi connectivity index (χ3n) is 6.76. The van der Waals surface area contributed by atoms with Crippen molar-refractivity contribution in [3.63, 3.8) is 0 Å². The Morgan fingerprint density at radius 2 is 1.67 bits per heavy atom. The van der Waals surface area contributed by atoms with Gasteiger partial charge in [0.25, 0.3) is 5.92 Å². The minimum Gasteiger partial charge on any atom is -0.464 e. The van der Waals surface area contributed by atoms with Crippen molar-refractivity contribution in [2.75, 3.05) is 12.4 Å². The van der Waals surface area contributed by atoms with E-state index in [1.165, 1.54) is 31.4 Å². The van der Waals surface area contributed by atoms with Gasteiger partial charge in [-0.3, -0.25) is 9.59 Å². The summed E-state index contributed by atoms with van der Waals surface area (Å²) in [6, 6.07) is 14.4. The molecule has 4 rings (SSSR count). The first-order valence-corrected chi connectivity index (χ1v) is 14.6. The number of nitrogens with zero attached hydrogens (tertiary/aromatic N) is 1. The van der Waals surface area contributed by atoms with Crippen LogP contribution in [0.1, 0.15) is 41.4 Å². The number of rotatable bonds is 12. The second kappa shape index (κ2) is 14.3. The average molecular weight is 640 g/mol. The molecule has 2 N–H and O–H groups in total. The molecular weight excluding hydrogens is 610 g/mol. The molecule has 0 unspecified atom stereocenters. The topological polar surface area (TPSA) is 97.4 Å². The van der Waals surface area contributed by atoms with E-state index in [0.717, 1.165) is 23.5 Å². The van der Waals surface area contributed by atoms with Gasteiger partial charge in [0.05, 0.1) is 18.4 Å². The fourth-order valence-electron chi connectivity index (χ4n) is 4.61. The van der Waals surface area contributed by atoms with Gasteiger partial charge in [-0.2, -0.15) is 8.78 Å². The van der Waals surface area contributed by atoms with Crippen molar-refractivity contribution in [1.29, 1.82) is 0 Å². The third kappa shape index (κ3) is 8.01. The molecule has 7 nitrogen and oxygen atoms in total. The summed E-state index contributed by atoms with van der Waals surface area (Å²) in [7, 11) is 1.19. The smallest absolute Gasteiger partial charge is 0.358 e. The van der Waals surface area contributed by atoms with Crippen LogP contribution in [-0.2, 0) is 26.7 Å². The van der Waals surface area contributed by atoms with Gasteiger partial charge in [0.1, 0.15) is 17.7 Å². The third-order valence-corrected chi connectivity index (χ3v) is 7.77. The molecule has 1 atom stereocenters. The number of halogens is 4. The quantitative estimate of drug-likeness (QED) is 0.0965. The maximum atomic E-state index is 14.1. The van der Waals surface area contributed by atoms with E-state index >= 15 is 0 Å². The van der Waals surface area contributed by atoms with Crippen molar-refractivity contribution in [3.8, 4) is 21.6 Å². The Labute approximate surface area is 261 Å². The summed E-state index contributed by atoms with van der Waals surface area (Å²) in [6.45, 7) is 5.00. The monoisotopic (exact) mass is 639 g/mol. The molecule has 1 aromatic heterocycles. The first-order chi connectivity index (χ1) is 21.4. The summed E-state index contributed by atoms with van der Waals surface area (Å²) in [4.78, 5) is 43.3. The molecule has 0 radical (unpaired) electrons. The van der Waals surface area contributed by atoms with Crippen LogP contribution in [0.2, 0.25) is 0 Å². The molecule has 234 valence electrons. The number of carbonyl (C=O) groups is 3. The second-order valence-corrected chi connectivity index (χ2v) is 11.0. The van der Waals surface area contributed by atoms with E-state index in [-0.39, 0.29) is 34.8 Å². The number of allylic oxidation sites excluding steroid dienone is 1. The van der Waals surface area contributed by atoms with Crippen molar-refractivity contribution in [2.45, 2.75) is 38.2 Å². The van der Waals surface area contributed by atoms with Crippen LogP contribution in [0.3, 0.4) is 0 Å². The van der Waals surface area contributed by atoms with Crippen LogP contribution in [0.15, 0.2) is 79.4 Å². The van der Waals surface area contributed by atoms with E-state index in [1.54, 1.807) is 24.3 Å². The van der Waals surface area contributed by atoms with E-state index in [0.29, 0.717) is 40.1 Å². The number of anilines is 1. The van der Waals surface area contributed by atoms with Gasteiger partial charge in [-0.05, 0) is 41.3 Å². The lowest BCUT2D eigenvalue weighted by Crippen LogP contribution is -2.44. The molecule has 0 spiro atoms. The first-order valence-electron chi connectivity index (χ1n) is 13.8. The summed E-state index contributed by atoms with van der Waals surface area (Å²) < 4.78 is 60.2. The van der Waals surface area contributed by atoms with Crippen molar-refractivity contribution in [1.82, 2.24) is 10.3 Å². The van der Waals surface area contributed by atoms with Crippen LogP contribution in [0.5, 0.6) is 0 Å². The minimum atomic E-state index is -3.20. The zero-order valence-electron chi connectivity index (χ0n) is 24.3. The fraction of sp³-hybridized carbons (Fsp3) is 0.212. The largest absolute Gasteiger partial charge is 0.464 e. The normalized spacial score (nSPS) is 11.9. The number of carbonyl (C=O) groups excluding carboxylic acids is 3. The zero-order chi connectivity index (χ0) is 32.7. The van der Waals surface area contributed by atoms with Gasteiger partial charge < -0.3 is 15.4 Å². The highest BCUT2D eigenvalue weighted by Gasteiger charge is 2.28. The number of thiazole rings is 1. The van der Waals surface area contributed by atoms with Crippen LogP contribution in [0.25, 0.3) is 21.6 Å². The first kappa shape index (κ1) is 33.1. The van der Waals surface area contributed by atoms with E-state index in [1.807, 2.05) is 6.92 Å². The van der Waals surface area contributed by atoms with E-state index < -0.39 is 41.4 Å². The highest BCUT2D eigenvalue weighted by molar-refractivity contribution is 7.19. The molecule has 0 aliphatic rings. The Hall–Kier alpha value is -4.84. The molecule has 45 heavy (non-hydrogen) atoms. The summed E-state index contributed by atoms with van der Waals surface area (Å²) in [6.07, 6.45) is 0.988. The van der Waals surface area contributed by atoms with E-state index in [9.17, 15) is 31.9 Å². The Kier molecular flexibility index (Phi) is 10.5. The number of methoxy groups -OCH3 is 1. The number of nitrogens with one attached hydrogen (secondary N) is 2. The van der Waals surface area contributed by atoms with Crippen molar-refractivity contribution >= 4 is 34.3 Å². The number of benzene rings is 3. The minimum absolute atomic E-state index is 0.0497. The number of amides is 2. The number of esters is 1. The maximum Gasteiger partial charge on any atom is 0.358 e. The van der Waals surface area contributed by atoms with Gasteiger partial charge in [0, 0.05) is 17.2 Å². The maximum absolute atomic E-state index is 14.1. The second-order valence-electron chi connectivity index (χ2n) is 9.99. The van der Waals surface area contributed by atoms with E-state index in [2.05, 4.69) is 22.2 Å². The molecule has 12 heteroatoms. The predicted molar refractivity (Wildman–Crippen MR) is 164 cm³/mol. The highest BCUT2D eigenvalue weighted by atomic mass is 32.1. The Morgan fingerprint density at radius 3 is 2.27 bits per heavy atom. The van der Waals surface area contributed by atoms with E-state index in [4.69, 9.17) is 4.74 Å². The number of aromatic nitrogens is 1. The summed E-state index contributed by atoms with van der Waals surface area (Å²) in [5.41, 5.74) is 1.55. The van der Waals surface area contributed by atoms with Gasteiger partial charge in [0.15, 0.2) is 10.8 Å². The number of ether oxygens (including phenoxy) is 1. The van der Waals surface area contributed by atoms with Gasteiger partial charge in [0.2, 0.25) is 11.8 Å². The average Bonchev–Trinajstić information content (AvgIpc) is 3.43. The van der Waals surface area contributed by atoms with Crippen LogP contribution in [0, 0.1) is 11.6 Å². The molecule has 0 saturated carbocycles. The molecular formula is C33H29F4N3O4S. The van der Waals surface area contributed by atoms with Crippen molar-refractivity contribution in [3.05, 3.63) is 108 Å². The summed E-state index contributed by atoms with van der Waals surface area (Å²) in [5.74, 6) is -6.84. The van der Waals surface area contributed by atoms with Gasteiger partial charge >= 0.3 is 5.97 Å². The van der Waals surface area contributed by atoms with Crippen LogP contribution in [-0.4, -0.2) is 35.9 Å². The van der Waals surface area contributed by atoms with Crippen LogP contribution in [0.4, 0.5) is 22.7 Å².